The van der Waals surface area contributed by atoms with Crippen LogP contribution in [0.2, 0.25) is 0 Å². The van der Waals surface area contributed by atoms with E-state index in [-0.39, 0.29) is 18.8 Å². The summed E-state index contributed by atoms with van der Waals surface area (Å²) in [6.07, 6.45) is 1.17. The normalized spacial score (nSPS) is 11.2. The highest BCUT2D eigenvalue weighted by molar-refractivity contribution is 7.92. The average Bonchev–Trinajstić information content (AvgIpc) is 2.71. The van der Waals surface area contributed by atoms with E-state index in [4.69, 9.17) is 4.74 Å². The molecule has 0 atom stereocenters. The fourth-order valence-corrected chi connectivity index (χ4v) is 3.44. The molecule has 0 saturated heterocycles. The molecule has 0 spiro atoms. The number of Topliss-reactive ketones (excluding diaryl/α,β-unsaturated/α-hetero) is 1. The minimum absolute atomic E-state index is 0.0761. The van der Waals surface area contributed by atoms with Crippen molar-refractivity contribution in [2.45, 2.75) is 6.42 Å². The smallest absolute Gasteiger partial charge is 0.310 e. The lowest BCUT2D eigenvalue weighted by Crippen LogP contribution is -2.24. The van der Waals surface area contributed by atoms with Crippen LogP contribution in [0.3, 0.4) is 0 Å². The molecule has 6 nitrogen and oxygen atoms in total. The molecule has 0 N–H and O–H groups in total. The van der Waals surface area contributed by atoms with E-state index in [0.29, 0.717) is 11.3 Å². The van der Waals surface area contributed by atoms with Gasteiger partial charge >= 0.3 is 5.97 Å². The number of sulfonamides is 1. The van der Waals surface area contributed by atoms with E-state index >= 15 is 0 Å². The molecular weight excluding hydrogens is 390 g/mol. The Hall–Kier alpha value is -3.19. The molecule has 0 aliphatic heterocycles. The summed E-state index contributed by atoms with van der Waals surface area (Å²) < 4.78 is 29.4. The molecular formula is C22H21NO5S. The summed E-state index contributed by atoms with van der Waals surface area (Å²) in [5.74, 6) is -0.840. The van der Waals surface area contributed by atoms with Crippen molar-refractivity contribution in [1.29, 1.82) is 0 Å². The van der Waals surface area contributed by atoms with Crippen molar-refractivity contribution in [2.75, 3.05) is 24.2 Å². The third kappa shape index (κ3) is 5.00. The Morgan fingerprint density at radius 3 is 2.28 bits per heavy atom. The monoisotopic (exact) mass is 411 g/mol. The lowest BCUT2D eigenvalue weighted by atomic mass is 10.0. The van der Waals surface area contributed by atoms with Crippen LogP contribution in [0, 0.1) is 0 Å². The van der Waals surface area contributed by atoms with Gasteiger partial charge in [0.2, 0.25) is 10.0 Å². The summed E-state index contributed by atoms with van der Waals surface area (Å²) in [6, 6.07) is 19.6. The number of anilines is 1. The first-order chi connectivity index (χ1) is 13.8. The number of carbonyl (C=O) groups is 2. The van der Waals surface area contributed by atoms with E-state index < -0.39 is 16.0 Å². The third-order valence-corrected chi connectivity index (χ3v) is 5.84. The van der Waals surface area contributed by atoms with Crippen LogP contribution in [-0.4, -0.2) is 40.1 Å². The molecule has 0 fully saturated rings. The zero-order valence-corrected chi connectivity index (χ0v) is 17.0. The zero-order chi connectivity index (χ0) is 21.0. The molecule has 3 aromatic rings. The number of rotatable bonds is 7. The summed E-state index contributed by atoms with van der Waals surface area (Å²) in [4.78, 5) is 24.5. The fourth-order valence-electron chi connectivity index (χ4n) is 2.93. The van der Waals surface area contributed by atoms with Crippen LogP contribution in [0.4, 0.5) is 5.69 Å². The number of benzene rings is 3. The Balaban J connectivity index is 1.61. The second-order valence-corrected chi connectivity index (χ2v) is 8.69. The Morgan fingerprint density at radius 1 is 0.931 bits per heavy atom. The fraction of sp³-hybridized carbons (Fsp3) is 0.182. The van der Waals surface area contributed by atoms with Gasteiger partial charge in [0.05, 0.1) is 18.4 Å². The summed E-state index contributed by atoms with van der Waals surface area (Å²) in [5.41, 5.74) is 1.62. The summed E-state index contributed by atoms with van der Waals surface area (Å²) in [6.45, 7) is -0.370. The third-order valence-electron chi connectivity index (χ3n) is 4.63. The molecule has 0 aromatic heterocycles. The maximum Gasteiger partial charge on any atom is 0.310 e. The highest BCUT2D eigenvalue weighted by Crippen LogP contribution is 2.19. The Kier molecular flexibility index (Phi) is 5.98. The highest BCUT2D eigenvalue weighted by Gasteiger charge is 2.15. The number of carbonyl (C=O) groups excluding carboxylic acids is 2. The molecule has 0 bridgehead atoms. The Morgan fingerprint density at radius 2 is 1.59 bits per heavy atom. The van der Waals surface area contributed by atoms with E-state index in [1.54, 1.807) is 0 Å². The van der Waals surface area contributed by atoms with Crippen molar-refractivity contribution >= 4 is 38.2 Å². The maximum atomic E-state index is 12.3. The van der Waals surface area contributed by atoms with Gasteiger partial charge in [-0.3, -0.25) is 13.9 Å². The highest BCUT2D eigenvalue weighted by atomic mass is 32.2. The molecule has 150 valence electrons. The van der Waals surface area contributed by atoms with Gasteiger partial charge < -0.3 is 4.74 Å². The minimum Gasteiger partial charge on any atom is -0.457 e. The zero-order valence-electron chi connectivity index (χ0n) is 16.2. The van der Waals surface area contributed by atoms with Gasteiger partial charge in [-0.2, -0.15) is 0 Å². The number of hydrogen-bond donors (Lipinski definition) is 0. The van der Waals surface area contributed by atoms with E-state index in [0.717, 1.165) is 26.9 Å². The number of nitrogens with zero attached hydrogens (tertiary/aromatic N) is 1. The van der Waals surface area contributed by atoms with Gasteiger partial charge in [0.1, 0.15) is 0 Å². The lowest BCUT2D eigenvalue weighted by Gasteiger charge is -2.16. The quantitative estimate of drug-likeness (QED) is 0.441. The van der Waals surface area contributed by atoms with Crippen LogP contribution in [0.1, 0.15) is 15.9 Å². The molecule has 29 heavy (non-hydrogen) atoms. The van der Waals surface area contributed by atoms with Crippen molar-refractivity contribution in [3.8, 4) is 0 Å². The van der Waals surface area contributed by atoms with Crippen LogP contribution in [-0.2, 0) is 26.0 Å². The average molecular weight is 411 g/mol. The molecule has 0 aliphatic carbocycles. The molecule has 0 radical (unpaired) electrons. The molecule has 0 unspecified atom stereocenters. The van der Waals surface area contributed by atoms with Gasteiger partial charge in [-0.15, -0.1) is 0 Å². The first kappa shape index (κ1) is 20.5. The first-order valence-corrected chi connectivity index (χ1v) is 10.8. The summed E-state index contributed by atoms with van der Waals surface area (Å²) in [5, 5.41) is 2.01. The molecule has 7 heteroatoms. The molecule has 3 aromatic carbocycles. The van der Waals surface area contributed by atoms with Crippen molar-refractivity contribution in [1.82, 2.24) is 0 Å². The number of esters is 1. The van der Waals surface area contributed by atoms with Gasteiger partial charge in [-0.25, -0.2) is 8.42 Å². The molecule has 0 aliphatic rings. The topological polar surface area (TPSA) is 80.8 Å². The minimum atomic E-state index is -3.38. The van der Waals surface area contributed by atoms with Gasteiger partial charge in [0.25, 0.3) is 0 Å². The van der Waals surface area contributed by atoms with Crippen LogP contribution in [0.15, 0.2) is 66.7 Å². The van der Waals surface area contributed by atoms with E-state index in [1.165, 1.54) is 31.3 Å². The lowest BCUT2D eigenvalue weighted by molar-refractivity contribution is -0.141. The van der Waals surface area contributed by atoms with Crippen molar-refractivity contribution in [2.24, 2.45) is 0 Å². The number of hydrogen-bond acceptors (Lipinski definition) is 5. The van der Waals surface area contributed by atoms with Crippen molar-refractivity contribution < 1.29 is 22.7 Å². The maximum absolute atomic E-state index is 12.3. The Bertz CT molecular complexity index is 1150. The standard InChI is InChI=1S/C22H21NO5S/c1-23(29(2,26)27)19-12-10-17(11-13-19)21(24)15-28-22(25)14-18-8-5-7-16-6-3-4-9-20(16)18/h3-13H,14-15H2,1-2H3. The Labute approximate surface area is 169 Å². The molecule has 0 amide bonds. The molecule has 0 saturated carbocycles. The molecule has 0 heterocycles. The predicted molar refractivity (Wildman–Crippen MR) is 113 cm³/mol. The second-order valence-electron chi connectivity index (χ2n) is 6.68. The van der Waals surface area contributed by atoms with Crippen LogP contribution >= 0.6 is 0 Å². The summed E-state index contributed by atoms with van der Waals surface area (Å²) in [7, 11) is -1.95. The second kappa shape index (κ2) is 8.45. The van der Waals surface area contributed by atoms with Crippen LogP contribution in [0.25, 0.3) is 10.8 Å². The van der Waals surface area contributed by atoms with Crippen molar-refractivity contribution in [3.05, 3.63) is 77.9 Å². The van der Waals surface area contributed by atoms with Crippen LogP contribution < -0.4 is 4.31 Å². The largest absolute Gasteiger partial charge is 0.457 e. The van der Waals surface area contributed by atoms with E-state index in [9.17, 15) is 18.0 Å². The van der Waals surface area contributed by atoms with Gasteiger partial charge in [0.15, 0.2) is 12.4 Å². The SMILES string of the molecule is CN(c1ccc(C(=O)COC(=O)Cc2cccc3ccccc23)cc1)S(C)(=O)=O. The van der Waals surface area contributed by atoms with E-state index in [2.05, 4.69) is 0 Å². The molecule has 3 rings (SSSR count). The van der Waals surface area contributed by atoms with Crippen molar-refractivity contribution in [3.63, 3.8) is 0 Å². The first-order valence-electron chi connectivity index (χ1n) is 8.95. The van der Waals surface area contributed by atoms with Gasteiger partial charge in [-0.1, -0.05) is 42.5 Å². The van der Waals surface area contributed by atoms with Gasteiger partial charge in [-0.05, 0) is 40.6 Å². The van der Waals surface area contributed by atoms with E-state index in [1.807, 2.05) is 42.5 Å². The predicted octanol–water partition coefficient (Wildman–Crippen LogP) is 3.20. The number of fused-ring (bicyclic) bond motifs is 1. The number of ether oxygens (including phenoxy) is 1. The summed E-state index contributed by atoms with van der Waals surface area (Å²) >= 11 is 0. The number of ketones is 1. The van der Waals surface area contributed by atoms with Gasteiger partial charge in [0, 0.05) is 12.6 Å². The van der Waals surface area contributed by atoms with Crippen LogP contribution in [0.5, 0.6) is 0 Å².